The average Bonchev–Trinajstić information content (AvgIpc) is 3.01. The second-order valence-electron chi connectivity index (χ2n) is 5.04. The molecule has 3 aromatic rings. The third kappa shape index (κ3) is 3.57. The van der Waals surface area contributed by atoms with Crippen LogP contribution in [0.2, 0.25) is 0 Å². The molecule has 0 fully saturated rings. The number of amides is 1. The molecule has 24 heavy (non-hydrogen) atoms. The minimum Gasteiger partial charge on any atom is -0.480 e. The molecule has 0 saturated carbocycles. The van der Waals surface area contributed by atoms with E-state index in [4.69, 9.17) is 4.74 Å². The number of carbonyl (C=O) groups excluding carboxylic acids is 1. The molecule has 1 aromatic carbocycles. The molecule has 0 radical (unpaired) electrons. The van der Waals surface area contributed by atoms with Gasteiger partial charge in [-0.3, -0.25) is 4.79 Å². The van der Waals surface area contributed by atoms with Crippen molar-refractivity contribution in [3.05, 3.63) is 58.7 Å². The predicted octanol–water partition coefficient (Wildman–Crippen LogP) is 2.85. The minimum absolute atomic E-state index is 0.251. The van der Waals surface area contributed by atoms with Crippen LogP contribution in [-0.4, -0.2) is 28.2 Å². The minimum atomic E-state index is -0.279. The fourth-order valence-corrected chi connectivity index (χ4v) is 3.10. The Kier molecular flexibility index (Phi) is 4.81. The quantitative estimate of drug-likeness (QED) is 0.773. The maximum absolute atomic E-state index is 12.1. The fourth-order valence-electron chi connectivity index (χ4n) is 2.10. The molecule has 1 amide bonds. The number of methoxy groups -OCH3 is 1. The van der Waals surface area contributed by atoms with Crippen LogP contribution in [0.25, 0.3) is 10.6 Å². The Balaban J connectivity index is 1.68. The predicted molar refractivity (Wildman–Crippen MR) is 92.0 cm³/mol. The zero-order valence-electron chi connectivity index (χ0n) is 13.3. The number of benzene rings is 1. The van der Waals surface area contributed by atoms with Gasteiger partial charge in [-0.2, -0.15) is 0 Å². The van der Waals surface area contributed by atoms with Gasteiger partial charge in [-0.05, 0) is 13.0 Å². The molecule has 7 heteroatoms. The number of aromatic nitrogens is 3. The number of nitrogens with zero attached hydrogens (tertiary/aromatic N) is 3. The van der Waals surface area contributed by atoms with E-state index in [9.17, 15) is 4.79 Å². The first-order valence-electron chi connectivity index (χ1n) is 7.35. The number of hydrogen-bond acceptors (Lipinski definition) is 6. The largest absolute Gasteiger partial charge is 0.480 e. The van der Waals surface area contributed by atoms with Crippen LogP contribution >= 0.6 is 11.3 Å². The van der Waals surface area contributed by atoms with Gasteiger partial charge < -0.3 is 10.1 Å². The lowest BCUT2D eigenvalue weighted by Gasteiger charge is -2.03. The van der Waals surface area contributed by atoms with Crippen LogP contribution in [-0.2, 0) is 6.54 Å². The highest BCUT2D eigenvalue weighted by molar-refractivity contribution is 7.15. The van der Waals surface area contributed by atoms with Crippen molar-refractivity contribution in [3.8, 4) is 16.5 Å². The number of thiazole rings is 1. The van der Waals surface area contributed by atoms with Crippen molar-refractivity contribution >= 4 is 17.2 Å². The molecule has 3 rings (SSSR count). The number of aryl methyl sites for hydroxylation is 1. The Morgan fingerprint density at radius 3 is 2.62 bits per heavy atom. The first-order valence-corrected chi connectivity index (χ1v) is 8.16. The van der Waals surface area contributed by atoms with E-state index in [1.807, 2.05) is 37.3 Å². The van der Waals surface area contributed by atoms with E-state index >= 15 is 0 Å². The number of hydrogen-bond donors (Lipinski definition) is 1. The number of ether oxygens (including phenoxy) is 1. The van der Waals surface area contributed by atoms with Crippen molar-refractivity contribution in [3.63, 3.8) is 0 Å². The van der Waals surface area contributed by atoms with Gasteiger partial charge in [-0.15, -0.1) is 21.5 Å². The molecule has 122 valence electrons. The second kappa shape index (κ2) is 7.18. The molecule has 6 nitrogen and oxygen atoms in total. The van der Waals surface area contributed by atoms with Gasteiger partial charge in [-0.1, -0.05) is 30.3 Å². The summed E-state index contributed by atoms with van der Waals surface area (Å²) < 4.78 is 4.93. The highest BCUT2D eigenvalue weighted by atomic mass is 32.1. The summed E-state index contributed by atoms with van der Waals surface area (Å²) in [5.41, 5.74) is 2.24. The second-order valence-corrected chi connectivity index (χ2v) is 6.12. The van der Waals surface area contributed by atoms with Crippen molar-refractivity contribution in [2.24, 2.45) is 0 Å². The Hall–Kier alpha value is -2.80. The molecule has 0 aliphatic carbocycles. The number of carbonyl (C=O) groups is 1. The van der Waals surface area contributed by atoms with E-state index in [1.54, 1.807) is 23.5 Å². The summed E-state index contributed by atoms with van der Waals surface area (Å²) in [5.74, 6) is 0.0940. The van der Waals surface area contributed by atoms with Gasteiger partial charge in [0.15, 0.2) is 5.69 Å². The van der Waals surface area contributed by atoms with Crippen LogP contribution in [0.4, 0.5) is 0 Å². The van der Waals surface area contributed by atoms with Crippen molar-refractivity contribution < 1.29 is 9.53 Å². The van der Waals surface area contributed by atoms with Gasteiger partial charge in [0.05, 0.1) is 19.3 Å². The maximum Gasteiger partial charge on any atom is 0.272 e. The Morgan fingerprint density at radius 2 is 1.96 bits per heavy atom. The first kappa shape index (κ1) is 16.1. The maximum atomic E-state index is 12.1. The smallest absolute Gasteiger partial charge is 0.272 e. The van der Waals surface area contributed by atoms with E-state index in [0.717, 1.165) is 21.1 Å². The summed E-state index contributed by atoms with van der Waals surface area (Å²) in [6.45, 7) is 2.35. The third-order valence-corrected chi connectivity index (χ3v) is 4.61. The van der Waals surface area contributed by atoms with Crippen LogP contribution in [0.1, 0.15) is 21.1 Å². The van der Waals surface area contributed by atoms with Gasteiger partial charge in [-0.25, -0.2) is 4.98 Å². The highest BCUT2D eigenvalue weighted by Gasteiger charge is 2.12. The van der Waals surface area contributed by atoms with E-state index in [0.29, 0.717) is 12.4 Å². The summed E-state index contributed by atoms with van der Waals surface area (Å²) in [6.07, 6.45) is 0. The lowest BCUT2D eigenvalue weighted by molar-refractivity contribution is 0.0945. The summed E-state index contributed by atoms with van der Waals surface area (Å²) in [7, 11) is 1.50. The van der Waals surface area contributed by atoms with Crippen LogP contribution in [0.5, 0.6) is 5.88 Å². The molecule has 0 atom stereocenters. The summed E-state index contributed by atoms with van der Waals surface area (Å²) in [6, 6.07) is 13.2. The van der Waals surface area contributed by atoms with Gasteiger partial charge >= 0.3 is 0 Å². The van der Waals surface area contributed by atoms with Crippen LogP contribution in [0, 0.1) is 6.92 Å². The van der Waals surface area contributed by atoms with Crippen molar-refractivity contribution in [1.29, 1.82) is 0 Å². The highest BCUT2D eigenvalue weighted by Crippen LogP contribution is 2.27. The lowest BCUT2D eigenvalue weighted by atomic mass is 10.2. The van der Waals surface area contributed by atoms with E-state index in [1.165, 1.54) is 7.11 Å². The summed E-state index contributed by atoms with van der Waals surface area (Å²) in [4.78, 5) is 17.7. The Morgan fingerprint density at radius 1 is 1.17 bits per heavy atom. The molecule has 0 bridgehead atoms. The van der Waals surface area contributed by atoms with Gasteiger partial charge in [0.1, 0.15) is 5.01 Å². The van der Waals surface area contributed by atoms with Crippen LogP contribution < -0.4 is 10.1 Å². The Labute approximate surface area is 143 Å². The topological polar surface area (TPSA) is 77.0 Å². The number of nitrogens with one attached hydrogen (secondary N) is 1. The van der Waals surface area contributed by atoms with Gasteiger partial charge in [0.2, 0.25) is 5.88 Å². The van der Waals surface area contributed by atoms with Crippen LogP contribution in [0.15, 0.2) is 42.5 Å². The number of rotatable bonds is 5. The van der Waals surface area contributed by atoms with E-state index in [-0.39, 0.29) is 11.6 Å². The summed E-state index contributed by atoms with van der Waals surface area (Å²) in [5, 5.41) is 11.4. The van der Waals surface area contributed by atoms with E-state index in [2.05, 4.69) is 20.5 Å². The van der Waals surface area contributed by atoms with Crippen molar-refractivity contribution in [2.75, 3.05) is 7.11 Å². The molecular formula is C17H16N4O2S. The Bertz CT molecular complexity index is 832. The van der Waals surface area contributed by atoms with Gasteiger partial charge in [0, 0.05) is 16.5 Å². The van der Waals surface area contributed by atoms with Crippen LogP contribution in [0.3, 0.4) is 0 Å². The molecule has 0 saturated heterocycles. The molecule has 1 N–H and O–H groups in total. The monoisotopic (exact) mass is 340 g/mol. The third-order valence-electron chi connectivity index (χ3n) is 3.40. The fraction of sp³-hybridized carbons (Fsp3) is 0.176. The van der Waals surface area contributed by atoms with Crippen molar-refractivity contribution in [2.45, 2.75) is 13.5 Å². The zero-order chi connectivity index (χ0) is 16.9. The zero-order valence-corrected chi connectivity index (χ0v) is 14.1. The van der Waals surface area contributed by atoms with Crippen molar-refractivity contribution in [1.82, 2.24) is 20.5 Å². The summed E-state index contributed by atoms with van der Waals surface area (Å²) >= 11 is 1.57. The van der Waals surface area contributed by atoms with E-state index < -0.39 is 0 Å². The molecule has 2 aromatic heterocycles. The molecule has 0 aliphatic rings. The average molecular weight is 340 g/mol. The first-order chi connectivity index (χ1) is 11.7. The molecule has 0 spiro atoms. The standard InChI is InChI=1S/C17H16N4O2S/c1-11-14(24-17(19-11)12-6-4-3-5-7-12)10-18-16(22)13-8-9-15(23-2)21-20-13/h3-9H,10H2,1-2H3,(H,18,22). The normalized spacial score (nSPS) is 10.4. The SMILES string of the molecule is COc1ccc(C(=O)NCc2sc(-c3ccccc3)nc2C)nn1. The molecule has 2 heterocycles. The lowest BCUT2D eigenvalue weighted by Crippen LogP contribution is -2.24. The molecule has 0 unspecified atom stereocenters. The van der Waals surface area contributed by atoms with Gasteiger partial charge in [0.25, 0.3) is 5.91 Å². The molecule has 0 aliphatic heterocycles. The molecular weight excluding hydrogens is 324 g/mol.